The molecule has 0 heterocycles. The molecular weight excluding hydrogens is 380 g/mol. The van der Waals surface area contributed by atoms with Crippen molar-refractivity contribution in [2.24, 2.45) is 0 Å². The number of halogens is 1. The van der Waals surface area contributed by atoms with E-state index in [1.54, 1.807) is 49.6 Å². The number of anilines is 1. The van der Waals surface area contributed by atoms with E-state index in [2.05, 4.69) is 26.6 Å². The largest absolute Gasteiger partial charge is 0.497 e. The van der Waals surface area contributed by atoms with E-state index in [4.69, 9.17) is 21.7 Å². The van der Waals surface area contributed by atoms with E-state index >= 15 is 0 Å². The molecule has 0 radical (unpaired) electrons. The number of benzene rings is 2. The minimum absolute atomic E-state index is 0.196. The lowest BCUT2D eigenvalue weighted by molar-refractivity contribution is 0.0974. The van der Waals surface area contributed by atoms with Gasteiger partial charge in [0, 0.05) is 10.2 Å². The van der Waals surface area contributed by atoms with Crippen molar-refractivity contribution >= 4 is 44.9 Å². The molecule has 0 saturated heterocycles. The Balaban J connectivity index is 2.04. The Morgan fingerprint density at radius 1 is 1.09 bits per heavy atom. The zero-order valence-electron chi connectivity index (χ0n) is 12.6. The van der Waals surface area contributed by atoms with Gasteiger partial charge in [-0.2, -0.15) is 0 Å². The minimum Gasteiger partial charge on any atom is -0.497 e. The van der Waals surface area contributed by atoms with E-state index in [1.807, 2.05) is 0 Å². The molecular formula is C16H15BrN2O3S. The number of carbonyl (C=O) groups excluding carboxylic acids is 1. The molecule has 2 aromatic carbocycles. The number of ether oxygens (including phenoxy) is 2. The van der Waals surface area contributed by atoms with Crippen molar-refractivity contribution in [2.75, 3.05) is 19.5 Å². The van der Waals surface area contributed by atoms with Gasteiger partial charge in [0.25, 0.3) is 5.91 Å². The van der Waals surface area contributed by atoms with Crippen LogP contribution in [0.1, 0.15) is 10.4 Å². The van der Waals surface area contributed by atoms with Crippen LogP contribution in [0.3, 0.4) is 0 Å². The third kappa shape index (κ3) is 4.67. The van der Waals surface area contributed by atoms with E-state index in [1.165, 1.54) is 7.11 Å². The maximum absolute atomic E-state index is 12.3. The Morgan fingerprint density at radius 3 is 2.39 bits per heavy atom. The zero-order chi connectivity index (χ0) is 16.8. The van der Waals surface area contributed by atoms with Gasteiger partial charge in [-0.25, -0.2) is 0 Å². The molecule has 0 aliphatic rings. The van der Waals surface area contributed by atoms with E-state index in [0.717, 1.165) is 15.9 Å². The summed E-state index contributed by atoms with van der Waals surface area (Å²) >= 11 is 8.49. The fourth-order valence-corrected chi connectivity index (χ4v) is 2.44. The van der Waals surface area contributed by atoms with Crippen LogP contribution in [-0.4, -0.2) is 25.2 Å². The van der Waals surface area contributed by atoms with Gasteiger partial charge in [0.15, 0.2) is 5.11 Å². The smallest absolute Gasteiger partial charge is 0.261 e. The molecule has 0 bridgehead atoms. The van der Waals surface area contributed by atoms with Crippen LogP contribution in [-0.2, 0) is 0 Å². The maximum Gasteiger partial charge on any atom is 0.261 e. The Morgan fingerprint density at radius 2 is 1.78 bits per heavy atom. The average molecular weight is 395 g/mol. The number of amides is 1. The lowest BCUT2D eigenvalue weighted by Crippen LogP contribution is -2.34. The highest BCUT2D eigenvalue weighted by Gasteiger charge is 2.14. The van der Waals surface area contributed by atoms with Crippen LogP contribution >= 0.6 is 28.1 Å². The highest BCUT2D eigenvalue weighted by molar-refractivity contribution is 9.10. The number of hydrogen-bond donors (Lipinski definition) is 2. The van der Waals surface area contributed by atoms with E-state index < -0.39 is 0 Å². The lowest BCUT2D eigenvalue weighted by atomic mass is 10.2. The summed E-state index contributed by atoms with van der Waals surface area (Å²) in [6.07, 6.45) is 0. The van der Waals surface area contributed by atoms with Crippen molar-refractivity contribution in [3.63, 3.8) is 0 Å². The fraction of sp³-hybridized carbons (Fsp3) is 0.125. The quantitative estimate of drug-likeness (QED) is 0.775. The fourth-order valence-electron chi connectivity index (χ4n) is 1.86. The molecule has 0 unspecified atom stereocenters. The number of rotatable bonds is 4. The van der Waals surface area contributed by atoms with Gasteiger partial charge in [-0.1, -0.05) is 15.9 Å². The molecule has 0 spiro atoms. The molecule has 7 heteroatoms. The standard InChI is InChI=1S/C16H15BrN2O3S/c1-21-12-6-4-11(5-7-12)18-16(23)19-15(20)13-9-10(17)3-8-14(13)22-2/h3-9H,1-2H3,(H2,18,19,20,23). The normalized spacial score (nSPS) is 9.87. The molecule has 0 aliphatic carbocycles. The molecule has 0 fully saturated rings. The van der Waals surface area contributed by atoms with Gasteiger partial charge >= 0.3 is 0 Å². The third-order valence-electron chi connectivity index (χ3n) is 2.98. The Labute approximate surface area is 148 Å². The highest BCUT2D eigenvalue weighted by atomic mass is 79.9. The number of methoxy groups -OCH3 is 2. The predicted molar refractivity (Wildman–Crippen MR) is 97.4 cm³/mol. The molecule has 2 aromatic rings. The summed E-state index contributed by atoms with van der Waals surface area (Å²) in [5.74, 6) is 0.858. The number of thiocarbonyl (C=S) groups is 1. The SMILES string of the molecule is COc1ccc(NC(=S)NC(=O)c2cc(Br)ccc2OC)cc1. The summed E-state index contributed by atoms with van der Waals surface area (Å²) in [6.45, 7) is 0. The number of nitrogens with one attached hydrogen (secondary N) is 2. The minimum atomic E-state index is -0.353. The summed E-state index contributed by atoms with van der Waals surface area (Å²) in [6, 6.07) is 12.4. The number of hydrogen-bond acceptors (Lipinski definition) is 4. The van der Waals surface area contributed by atoms with Gasteiger partial charge in [-0.3, -0.25) is 10.1 Å². The van der Waals surface area contributed by atoms with Gasteiger partial charge in [-0.15, -0.1) is 0 Å². The molecule has 0 saturated carbocycles. The van der Waals surface area contributed by atoms with Gasteiger partial charge < -0.3 is 14.8 Å². The first-order chi connectivity index (χ1) is 11.0. The van der Waals surface area contributed by atoms with Gasteiger partial charge in [0.05, 0.1) is 19.8 Å². The van der Waals surface area contributed by atoms with Crippen molar-refractivity contribution in [3.8, 4) is 11.5 Å². The molecule has 2 N–H and O–H groups in total. The van der Waals surface area contributed by atoms with Crippen LogP contribution < -0.4 is 20.1 Å². The second-order valence-corrected chi connectivity index (χ2v) is 5.81. The van der Waals surface area contributed by atoms with E-state index in [-0.39, 0.29) is 11.0 Å². The Kier molecular flexibility index (Phi) is 5.95. The van der Waals surface area contributed by atoms with E-state index in [0.29, 0.717) is 11.3 Å². The van der Waals surface area contributed by atoms with Crippen LogP contribution in [0.4, 0.5) is 5.69 Å². The average Bonchev–Trinajstić information content (AvgIpc) is 2.55. The van der Waals surface area contributed by atoms with Crippen molar-refractivity contribution < 1.29 is 14.3 Å². The van der Waals surface area contributed by atoms with E-state index in [9.17, 15) is 4.79 Å². The predicted octanol–water partition coefficient (Wildman–Crippen LogP) is 3.59. The summed E-state index contributed by atoms with van der Waals surface area (Å²) < 4.78 is 11.0. The van der Waals surface area contributed by atoms with Crippen LogP contribution in [0.15, 0.2) is 46.9 Å². The first-order valence-electron chi connectivity index (χ1n) is 6.63. The summed E-state index contributed by atoms with van der Waals surface area (Å²) in [5, 5.41) is 5.76. The van der Waals surface area contributed by atoms with Crippen LogP contribution in [0, 0.1) is 0 Å². The lowest BCUT2D eigenvalue weighted by Gasteiger charge is -2.12. The number of carbonyl (C=O) groups is 1. The zero-order valence-corrected chi connectivity index (χ0v) is 15.0. The van der Waals surface area contributed by atoms with Gasteiger partial charge in [0.2, 0.25) is 0 Å². The second-order valence-electron chi connectivity index (χ2n) is 4.48. The van der Waals surface area contributed by atoms with Gasteiger partial charge in [0.1, 0.15) is 11.5 Å². The molecule has 120 valence electrons. The van der Waals surface area contributed by atoms with Gasteiger partial charge in [-0.05, 0) is 54.7 Å². The highest BCUT2D eigenvalue weighted by Crippen LogP contribution is 2.23. The molecule has 0 aliphatic heterocycles. The Bertz CT molecular complexity index is 720. The maximum atomic E-state index is 12.3. The third-order valence-corrected chi connectivity index (χ3v) is 3.68. The molecule has 1 amide bonds. The Hall–Kier alpha value is -2.12. The molecule has 23 heavy (non-hydrogen) atoms. The van der Waals surface area contributed by atoms with Crippen LogP contribution in [0.5, 0.6) is 11.5 Å². The summed E-state index contributed by atoms with van der Waals surface area (Å²) in [7, 11) is 3.10. The summed E-state index contributed by atoms with van der Waals surface area (Å²) in [4.78, 5) is 12.3. The van der Waals surface area contributed by atoms with Crippen LogP contribution in [0.2, 0.25) is 0 Å². The van der Waals surface area contributed by atoms with Crippen molar-refractivity contribution in [3.05, 3.63) is 52.5 Å². The van der Waals surface area contributed by atoms with Crippen molar-refractivity contribution in [2.45, 2.75) is 0 Å². The topological polar surface area (TPSA) is 59.6 Å². The first kappa shape index (κ1) is 17.2. The van der Waals surface area contributed by atoms with Crippen molar-refractivity contribution in [1.29, 1.82) is 0 Å². The monoisotopic (exact) mass is 394 g/mol. The summed E-state index contributed by atoms with van der Waals surface area (Å²) in [5.41, 5.74) is 1.14. The second kappa shape index (κ2) is 7.94. The van der Waals surface area contributed by atoms with Crippen LogP contribution in [0.25, 0.3) is 0 Å². The molecule has 5 nitrogen and oxygen atoms in total. The molecule has 0 atom stereocenters. The van der Waals surface area contributed by atoms with Crippen molar-refractivity contribution in [1.82, 2.24) is 5.32 Å². The molecule has 2 rings (SSSR count). The molecule has 0 aromatic heterocycles. The first-order valence-corrected chi connectivity index (χ1v) is 7.83.